The monoisotopic (exact) mass is 247 g/mol. The van der Waals surface area contributed by atoms with Crippen LogP contribution in [-0.2, 0) is 0 Å². The first-order valence-corrected chi connectivity index (χ1v) is 7.08. The lowest BCUT2D eigenvalue weighted by atomic mass is 10.1. The molecule has 0 bridgehead atoms. The van der Waals surface area contributed by atoms with E-state index in [0.29, 0.717) is 5.25 Å². The zero-order valence-electron chi connectivity index (χ0n) is 10.4. The van der Waals surface area contributed by atoms with Crippen LogP contribution < -0.4 is 0 Å². The van der Waals surface area contributed by atoms with Crippen molar-refractivity contribution >= 4 is 23.5 Å². The van der Waals surface area contributed by atoms with Gasteiger partial charge in [-0.1, -0.05) is 50.8 Å². The van der Waals surface area contributed by atoms with Crippen molar-refractivity contribution in [2.24, 2.45) is 0 Å². The zero-order valence-corrected chi connectivity index (χ0v) is 11.3. The normalized spacial score (nSPS) is 13.1. The Morgan fingerprint density at radius 2 is 2.00 bits per heavy atom. The van der Waals surface area contributed by atoms with Crippen molar-refractivity contribution in [2.75, 3.05) is 0 Å². The van der Waals surface area contributed by atoms with E-state index in [4.69, 9.17) is 12.6 Å². The second kappa shape index (κ2) is 6.15. The number of para-hydroxylation sites is 1. The van der Waals surface area contributed by atoms with Crippen LogP contribution >= 0.6 is 12.6 Å². The van der Waals surface area contributed by atoms with Gasteiger partial charge in [-0.2, -0.15) is 12.6 Å². The van der Waals surface area contributed by atoms with Crippen molar-refractivity contribution in [2.45, 2.75) is 44.3 Å². The van der Waals surface area contributed by atoms with E-state index in [-0.39, 0.29) is 0 Å². The lowest BCUT2D eigenvalue weighted by Gasteiger charge is -2.08. The van der Waals surface area contributed by atoms with Crippen LogP contribution in [-0.4, -0.2) is 4.98 Å². The third-order valence-electron chi connectivity index (χ3n) is 3.24. The maximum absolute atomic E-state index is 4.70. The molecule has 1 aromatic heterocycles. The maximum Gasteiger partial charge on any atom is 0.0456 e. The molecule has 2 aromatic rings. The summed E-state index contributed by atoms with van der Waals surface area (Å²) in [4.78, 5) is 3.46. The molecule has 1 unspecified atom stereocenters. The molecular formula is C15H21NS. The van der Waals surface area contributed by atoms with Crippen LogP contribution in [0.5, 0.6) is 0 Å². The number of aromatic amines is 1. The third-order valence-corrected chi connectivity index (χ3v) is 3.78. The highest BCUT2D eigenvalue weighted by Crippen LogP contribution is 2.28. The Kier molecular flexibility index (Phi) is 4.55. The van der Waals surface area contributed by atoms with Gasteiger partial charge in [0.1, 0.15) is 0 Å². The van der Waals surface area contributed by atoms with E-state index in [2.05, 4.69) is 42.2 Å². The maximum atomic E-state index is 4.70. The number of unbranched alkanes of at least 4 members (excludes halogenated alkanes) is 3. The highest BCUT2D eigenvalue weighted by Gasteiger charge is 2.09. The summed E-state index contributed by atoms with van der Waals surface area (Å²) in [6.45, 7) is 2.25. The summed E-state index contributed by atoms with van der Waals surface area (Å²) in [6.07, 6.45) is 6.40. The number of hydrogen-bond donors (Lipinski definition) is 2. The van der Waals surface area contributed by atoms with Crippen molar-refractivity contribution in [1.82, 2.24) is 4.98 Å². The molecule has 0 spiro atoms. The summed E-state index contributed by atoms with van der Waals surface area (Å²) < 4.78 is 0. The van der Waals surface area contributed by atoms with Crippen LogP contribution in [0.2, 0.25) is 0 Å². The molecule has 0 saturated carbocycles. The summed E-state index contributed by atoms with van der Waals surface area (Å²) in [7, 11) is 0. The van der Waals surface area contributed by atoms with Gasteiger partial charge in [0, 0.05) is 16.5 Å². The van der Waals surface area contributed by atoms with Crippen molar-refractivity contribution in [3.63, 3.8) is 0 Å². The Labute approximate surface area is 109 Å². The van der Waals surface area contributed by atoms with Gasteiger partial charge in [-0.05, 0) is 23.9 Å². The van der Waals surface area contributed by atoms with Crippen molar-refractivity contribution in [3.05, 3.63) is 36.0 Å². The summed E-state index contributed by atoms with van der Waals surface area (Å²) in [5.74, 6) is 0. The van der Waals surface area contributed by atoms with Gasteiger partial charge in [0.15, 0.2) is 0 Å². The molecule has 1 aromatic carbocycles. The van der Waals surface area contributed by atoms with E-state index in [1.165, 1.54) is 42.3 Å². The molecule has 1 N–H and O–H groups in total. The molecule has 1 heterocycles. The highest BCUT2D eigenvalue weighted by molar-refractivity contribution is 7.80. The molecule has 1 atom stereocenters. The molecule has 92 valence electrons. The van der Waals surface area contributed by atoms with Crippen LogP contribution in [0.25, 0.3) is 10.9 Å². The van der Waals surface area contributed by atoms with Gasteiger partial charge in [-0.3, -0.25) is 0 Å². The number of H-pyrrole nitrogens is 1. The number of benzene rings is 1. The summed E-state index contributed by atoms with van der Waals surface area (Å²) in [5.41, 5.74) is 2.47. The second-order valence-electron chi connectivity index (χ2n) is 4.68. The smallest absolute Gasteiger partial charge is 0.0456 e. The van der Waals surface area contributed by atoms with Gasteiger partial charge < -0.3 is 4.98 Å². The first-order chi connectivity index (χ1) is 8.31. The van der Waals surface area contributed by atoms with Gasteiger partial charge in [0.2, 0.25) is 0 Å². The summed E-state index contributed by atoms with van der Waals surface area (Å²) in [5, 5.41) is 1.63. The average molecular weight is 247 g/mol. The van der Waals surface area contributed by atoms with Gasteiger partial charge in [0.05, 0.1) is 0 Å². The Hall–Kier alpha value is -0.890. The first-order valence-electron chi connectivity index (χ1n) is 6.57. The third kappa shape index (κ3) is 3.29. The SMILES string of the molecule is CCCCCCC(S)c1cc2ccccc2[nH]1. The number of thiol groups is 1. The Bertz CT molecular complexity index is 428. The molecule has 2 heteroatoms. The topological polar surface area (TPSA) is 15.8 Å². The van der Waals surface area contributed by atoms with E-state index in [1.54, 1.807) is 0 Å². The quantitative estimate of drug-likeness (QED) is 0.521. The Morgan fingerprint density at radius 3 is 2.76 bits per heavy atom. The van der Waals surface area contributed by atoms with Crippen LogP contribution in [0, 0.1) is 0 Å². The van der Waals surface area contributed by atoms with Gasteiger partial charge in [-0.15, -0.1) is 0 Å². The van der Waals surface area contributed by atoms with Gasteiger partial charge in [0.25, 0.3) is 0 Å². The summed E-state index contributed by atoms with van der Waals surface area (Å²) >= 11 is 4.70. The van der Waals surface area contributed by atoms with E-state index < -0.39 is 0 Å². The minimum absolute atomic E-state index is 0.347. The molecule has 0 radical (unpaired) electrons. The molecular weight excluding hydrogens is 226 g/mol. The van der Waals surface area contributed by atoms with E-state index in [1.807, 2.05) is 0 Å². The van der Waals surface area contributed by atoms with Crippen molar-refractivity contribution in [3.8, 4) is 0 Å². The van der Waals surface area contributed by atoms with Crippen LogP contribution in [0.4, 0.5) is 0 Å². The molecule has 0 aliphatic rings. The minimum Gasteiger partial charge on any atom is -0.357 e. The zero-order chi connectivity index (χ0) is 12.1. The fourth-order valence-corrected chi connectivity index (χ4v) is 2.52. The van der Waals surface area contributed by atoms with E-state index in [9.17, 15) is 0 Å². The number of aromatic nitrogens is 1. The fraction of sp³-hybridized carbons (Fsp3) is 0.467. The first kappa shape index (κ1) is 12.6. The Morgan fingerprint density at radius 1 is 1.18 bits per heavy atom. The number of fused-ring (bicyclic) bond motifs is 1. The van der Waals surface area contributed by atoms with E-state index >= 15 is 0 Å². The lowest BCUT2D eigenvalue weighted by Crippen LogP contribution is -1.91. The molecule has 1 nitrogen and oxygen atoms in total. The fourth-order valence-electron chi connectivity index (χ4n) is 2.20. The largest absolute Gasteiger partial charge is 0.357 e. The number of rotatable bonds is 6. The van der Waals surface area contributed by atoms with Crippen molar-refractivity contribution < 1.29 is 0 Å². The van der Waals surface area contributed by atoms with Crippen molar-refractivity contribution in [1.29, 1.82) is 0 Å². The van der Waals surface area contributed by atoms with Gasteiger partial charge >= 0.3 is 0 Å². The molecule has 0 amide bonds. The molecule has 0 fully saturated rings. The molecule has 0 aliphatic carbocycles. The predicted molar refractivity (Wildman–Crippen MR) is 78.8 cm³/mol. The number of hydrogen-bond acceptors (Lipinski definition) is 1. The van der Waals surface area contributed by atoms with Gasteiger partial charge in [-0.25, -0.2) is 0 Å². The lowest BCUT2D eigenvalue weighted by molar-refractivity contribution is 0.625. The standard InChI is InChI=1S/C15H21NS/c1-2-3-4-5-10-15(17)14-11-12-8-6-7-9-13(12)16-14/h6-9,11,15-17H,2-5,10H2,1H3. The molecule has 0 saturated heterocycles. The average Bonchev–Trinajstić information content (AvgIpc) is 2.78. The van der Waals surface area contributed by atoms with Crippen LogP contribution in [0.15, 0.2) is 30.3 Å². The highest BCUT2D eigenvalue weighted by atomic mass is 32.1. The minimum atomic E-state index is 0.347. The van der Waals surface area contributed by atoms with E-state index in [0.717, 1.165) is 6.42 Å². The molecule has 0 aliphatic heterocycles. The molecule has 2 rings (SSSR count). The predicted octanol–water partition coefficient (Wildman–Crippen LogP) is 5.11. The van der Waals surface area contributed by atoms with Crippen LogP contribution in [0.3, 0.4) is 0 Å². The Balaban J connectivity index is 1.96. The molecule has 17 heavy (non-hydrogen) atoms. The second-order valence-corrected chi connectivity index (χ2v) is 5.30. The van der Waals surface area contributed by atoms with Crippen LogP contribution in [0.1, 0.15) is 50.0 Å². The summed E-state index contributed by atoms with van der Waals surface area (Å²) in [6, 6.07) is 10.6. The number of nitrogens with one attached hydrogen (secondary N) is 1.